The van der Waals surface area contributed by atoms with Gasteiger partial charge in [-0.15, -0.1) is 0 Å². The Morgan fingerprint density at radius 2 is 1.56 bits per heavy atom. The first-order chi connectivity index (χ1) is 8.61. The van der Waals surface area contributed by atoms with Crippen LogP contribution in [0.1, 0.15) is 65.2 Å². The van der Waals surface area contributed by atoms with Crippen LogP contribution in [0, 0.1) is 0 Å². The SMILES string of the molecule is CCCCCCCCC(CC)OP(=O)(OCl)OCl. The molecule has 0 heterocycles. The first-order valence-corrected chi connectivity index (χ1v) is 8.58. The highest BCUT2D eigenvalue weighted by Gasteiger charge is 2.30. The summed E-state index contributed by atoms with van der Waals surface area (Å²) in [5.41, 5.74) is 0. The molecule has 0 N–H and O–H groups in total. The highest BCUT2D eigenvalue weighted by molar-refractivity contribution is 7.50. The lowest BCUT2D eigenvalue weighted by Crippen LogP contribution is -2.10. The van der Waals surface area contributed by atoms with Crippen molar-refractivity contribution < 1.29 is 17.2 Å². The van der Waals surface area contributed by atoms with Gasteiger partial charge in [0.05, 0.1) is 29.8 Å². The monoisotopic (exact) mass is 320 g/mol. The fraction of sp³-hybridized carbons (Fsp3) is 1.00. The largest absolute Gasteiger partial charge is 0.508 e. The first kappa shape index (κ1) is 18.7. The molecule has 1 unspecified atom stereocenters. The van der Waals surface area contributed by atoms with E-state index in [1.807, 2.05) is 6.92 Å². The summed E-state index contributed by atoms with van der Waals surface area (Å²) in [6.07, 6.45) is 8.47. The first-order valence-electron chi connectivity index (χ1n) is 6.51. The van der Waals surface area contributed by atoms with Crippen LogP contribution < -0.4 is 0 Å². The van der Waals surface area contributed by atoms with Gasteiger partial charge in [-0.3, -0.25) is 4.52 Å². The number of unbranched alkanes of at least 4 members (excludes halogenated alkanes) is 5. The molecule has 0 aliphatic rings. The zero-order valence-electron chi connectivity index (χ0n) is 11.1. The van der Waals surface area contributed by atoms with Gasteiger partial charge in [0, 0.05) is 0 Å². The van der Waals surface area contributed by atoms with Crippen LogP contribution in [-0.4, -0.2) is 6.10 Å². The van der Waals surface area contributed by atoms with Crippen LogP contribution in [0.25, 0.3) is 0 Å². The maximum Gasteiger partial charge on any atom is 0.508 e. The summed E-state index contributed by atoms with van der Waals surface area (Å²) in [4.78, 5) is 0. The minimum Gasteiger partial charge on any atom is -0.282 e. The van der Waals surface area contributed by atoms with E-state index in [4.69, 9.17) is 28.3 Å². The van der Waals surface area contributed by atoms with Gasteiger partial charge in [-0.25, -0.2) is 4.57 Å². The number of phosphoric acid groups is 1. The molecule has 0 amide bonds. The second kappa shape index (κ2) is 11.5. The van der Waals surface area contributed by atoms with E-state index in [0.29, 0.717) is 6.42 Å². The molecule has 0 aromatic rings. The summed E-state index contributed by atoms with van der Waals surface area (Å²) in [7, 11) is -3.79. The van der Waals surface area contributed by atoms with E-state index in [1.54, 1.807) is 0 Å². The fourth-order valence-corrected chi connectivity index (χ4v) is 2.87. The van der Waals surface area contributed by atoms with Crippen LogP contribution in [0.15, 0.2) is 0 Å². The summed E-state index contributed by atoms with van der Waals surface area (Å²) in [6.45, 7) is 4.13. The van der Waals surface area contributed by atoms with Crippen molar-refractivity contribution in [2.24, 2.45) is 0 Å². The Bertz CT molecular complexity index is 233. The van der Waals surface area contributed by atoms with Crippen LogP contribution >= 0.6 is 31.6 Å². The van der Waals surface area contributed by atoms with E-state index in [2.05, 4.69) is 15.1 Å². The third-order valence-corrected chi connectivity index (χ3v) is 4.69. The zero-order chi connectivity index (χ0) is 13.9. The second-order valence-corrected chi connectivity index (χ2v) is 6.49. The molecule has 0 aromatic heterocycles. The van der Waals surface area contributed by atoms with Gasteiger partial charge in [-0.05, 0) is 12.8 Å². The van der Waals surface area contributed by atoms with Gasteiger partial charge in [0.1, 0.15) is 0 Å². The maximum absolute atomic E-state index is 11.6. The smallest absolute Gasteiger partial charge is 0.282 e. The molecule has 0 radical (unpaired) electrons. The molecule has 110 valence electrons. The molecule has 0 rings (SSSR count). The normalized spacial score (nSPS) is 13.8. The van der Waals surface area contributed by atoms with Crippen molar-refractivity contribution in [3.63, 3.8) is 0 Å². The van der Waals surface area contributed by atoms with E-state index in [0.717, 1.165) is 19.3 Å². The fourth-order valence-electron chi connectivity index (χ4n) is 1.71. The van der Waals surface area contributed by atoms with Crippen LogP contribution in [0.2, 0.25) is 0 Å². The molecule has 0 saturated heterocycles. The predicted octanol–water partition coefficient (Wildman–Crippen LogP) is 5.98. The van der Waals surface area contributed by atoms with Gasteiger partial charge in [-0.2, -0.15) is 8.15 Å². The van der Waals surface area contributed by atoms with Gasteiger partial charge in [-0.1, -0.05) is 52.4 Å². The Morgan fingerprint density at radius 3 is 2.06 bits per heavy atom. The molecule has 0 aliphatic carbocycles. The van der Waals surface area contributed by atoms with Crippen molar-refractivity contribution >= 4 is 31.6 Å². The second-order valence-electron chi connectivity index (χ2n) is 4.28. The molecule has 0 bridgehead atoms. The Kier molecular flexibility index (Phi) is 12.0. The van der Waals surface area contributed by atoms with Crippen molar-refractivity contribution in [3.8, 4) is 0 Å². The Hall–Kier alpha value is 0.690. The van der Waals surface area contributed by atoms with E-state index in [1.165, 1.54) is 25.7 Å². The maximum atomic E-state index is 11.6. The third-order valence-electron chi connectivity index (χ3n) is 2.78. The lowest BCUT2D eigenvalue weighted by Gasteiger charge is -2.18. The van der Waals surface area contributed by atoms with Gasteiger partial charge >= 0.3 is 7.82 Å². The highest BCUT2D eigenvalue weighted by atomic mass is 35.5. The quantitative estimate of drug-likeness (QED) is 0.327. The summed E-state index contributed by atoms with van der Waals surface area (Å²) in [6, 6.07) is 0. The Morgan fingerprint density at radius 1 is 1.00 bits per heavy atom. The lowest BCUT2D eigenvalue weighted by atomic mass is 10.1. The summed E-state index contributed by atoms with van der Waals surface area (Å²) < 4.78 is 25.0. The Balaban J connectivity index is 3.80. The van der Waals surface area contributed by atoms with Gasteiger partial charge in [0.2, 0.25) is 0 Å². The van der Waals surface area contributed by atoms with Crippen LogP contribution in [0.5, 0.6) is 0 Å². The van der Waals surface area contributed by atoms with E-state index < -0.39 is 7.82 Å². The van der Waals surface area contributed by atoms with Crippen LogP contribution in [0.4, 0.5) is 0 Å². The van der Waals surface area contributed by atoms with Crippen molar-refractivity contribution in [1.29, 1.82) is 0 Å². The number of rotatable bonds is 12. The molecule has 0 aromatic carbocycles. The molecule has 18 heavy (non-hydrogen) atoms. The zero-order valence-corrected chi connectivity index (χ0v) is 13.5. The average Bonchev–Trinajstić information content (AvgIpc) is 2.41. The highest BCUT2D eigenvalue weighted by Crippen LogP contribution is 2.53. The van der Waals surface area contributed by atoms with Gasteiger partial charge in [0.15, 0.2) is 0 Å². The third kappa shape index (κ3) is 8.73. The van der Waals surface area contributed by atoms with Crippen LogP contribution in [0.3, 0.4) is 0 Å². The molecule has 1 atom stereocenters. The molecule has 0 saturated carbocycles. The Labute approximate surface area is 120 Å². The minimum atomic E-state index is -3.79. The van der Waals surface area contributed by atoms with Crippen LogP contribution in [-0.2, 0) is 17.2 Å². The average molecular weight is 321 g/mol. The standard InChI is InChI=1S/C11H23Cl2O4P/c1-3-5-6-7-8-9-10-11(4-2)15-18(14,16-12)17-13/h11H,3-10H2,1-2H3. The molecular weight excluding hydrogens is 298 g/mol. The summed E-state index contributed by atoms with van der Waals surface area (Å²) >= 11 is 10.1. The molecule has 0 aliphatic heterocycles. The number of hydrogen-bond donors (Lipinski definition) is 0. The number of hydrogen-bond acceptors (Lipinski definition) is 4. The van der Waals surface area contributed by atoms with E-state index >= 15 is 0 Å². The van der Waals surface area contributed by atoms with Crippen molar-refractivity contribution in [3.05, 3.63) is 0 Å². The van der Waals surface area contributed by atoms with Gasteiger partial charge < -0.3 is 0 Å². The molecule has 7 heteroatoms. The summed E-state index contributed by atoms with van der Waals surface area (Å²) in [5, 5.41) is 0. The number of halogens is 2. The van der Waals surface area contributed by atoms with E-state index in [-0.39, 0.29) is 6.10 Å². The summed E-state index contributed by atoms with van der Waals surface area (Å²) in [5.74, 6) is 0. The minimum absolute atomic E-state index is 0.209. The molecule has 4 nitrogen and oxygen atoms in total. The van der Waals surface area contributed by atoms with Crippen molar-refractivity contribution in [2.45, 2.75) is 71.3 Å². The van der Waals surface area contributed by atoms with E-state index in [9.17, 15) is 4.57 Å². The molecule has 0 spiro atoms. The lowest BCUT2D eigenvalue weighted by molar-refractivity contribution is 0.134. The van der Waals surface area contributed by atoms with Gasteiger partial charge in [0.25, 0.3) is 0 Å². The predicted molar refractivity (Wildman–Crippen MR) is 74.6 cm³/mol. The molecular formula is C11H23Cl2O4P. The molecule has 0 fully saturated rings. The topological polar surface area (TPSA) is 44.8 Å². The van der Waals surface area contributed by atoms with Crippen molar-refractivity contribution in [1.82, 2.24) is 0 Å². The van der Waals surface area contributed by atoms with Crippen molar-refractivity contribution in [2.75, 3.05) is 0 Å².